The molecule has 0 saturated heterocycles. The third kappa shape index (κ3) is 4.48. The minimum absolute atomic E-state index is 0.0489. The van der Waals surface area contributed by atoms with Crippen molar-refractivity contribution in [2.75, 3.05) is 16.8 Å². The second kappa shape index (κ2) is 8.51. The number of nitrogens with zero attached hydrogens (tertiary/aromatic N) is 3. The van der Waals surface area contributed by atoms with Gasteiger partial charge in [0.1, 0.15) is 11.2 Å². The zero-order valence-corrected chi connectivity index (χ0v) is 18.6. The van der Waals surface area contributed by atoms with Gasteiger partial charge in [0.25, 0.3) is 21.6 Å². The number of amidine groups is 1. The van der Waals surface area contributed by atoms with Gasteiger partial charge in [-0.2, -0.15) is 8.42 Å². The van der Waals surface area contributed by atoms with Crippen LogP contribution in [-0.2, 0) is 10.0 Å². The predicted octanol–water partition coefficient (Wildman–Crippen LogP) is 4.05. The number of rotatable bonds is 6. The summed E-state index contributed by atoms with van der Waals surface area (Å²) in [4.78, 5) is 24.7. The maximum Gasteiger partial charge on any atom is 0.286 e. The van der Waals surface area contributed by atoms with Crippen molar-refractivity contribution < 1.29 is 22.6 Å². The number of hydrogen-bond donors (Lipinski definition) is 1. The van der Waals surface area contributed by atoms with Crippen LogP contribution < -0.4 is 10.2 Å². The van der Waals surface area contributed by atoms with Gasteiger partial charge in [-0.1, -0.05) is 19.9 Å². The van der Waals surface area contributed by atoms with Gasteiger partial charge in [0.15, 0.2) is 5.84 Å². The molecular formula is C22H20N4O6S. The number of benzene rings is 2. The first-order chi connectivity index (χ1) is 15.7. The molecule has 11 heteroatoms. The Morgan fingerprint density at radius 2 is 2.00 bits per heavy atom. The molecule has 1 N–H and O–H groups in total. The summed E-state index contributed by atoms with van der Waals surface area (Å²) in [7, 11) is -4.06. The van der Waals surface area contributed by atoms with Crippen molar-refractivity contribution in [3.8, 4) is 0 Å². The summed E-state index contributed by atoms with van der Waals surface area (Å²) >= 11 is 0. The molecule has 1 aliphatic rings. The lowest BCUT2D eigenvalue weighted by molar-refractivity contribution is -0.384. The van der Waals surface area contributed by atoms with Gasteiger partial charge < -0.3 is 14.6 Å². The van der Waals surface area contributed by atoms with E-state index >= 15 is 0 Å². The smallest absolute Gasteiger partial charge is 0.286 e. The van der Waals surface area contributed by atoms with E-state index in [4.69, 9.17) is 4.42 Å². The summed E-state index contributed by atoms with van der Waals surface area (Å²) in [6.07, 6.45) is 2.88. The van der Waals surface area contributed by atoms with Gasteiger partial charge in [-0.3, -0.25) is 14.9 Å². The molecule has 2 heterocycles. The summed E-state index contributed by atoms with van der Waals surface area (Å²) in [6.45, 7) is 4.51. The number of furan rings is 1. The molecule has 4 rings (SSSR count). The highest BCUT2D eigenvalue weighted by atomic mass is 32.2. The number of fused-ring (bicyclic) bond motifs is 1. The molecule has 0 radical (unpaired) electrons. The highest BCUT2D eigenvalue weighted by Crippen LogP contribution is 2.36. The van der Waals surface area contributed by atoms with Gasteiger partial charge in [-0.05, 0) is 36.2 Å². The highest BCUT2D eigenvalue weighted by Gasteiger charge is 2.32. The van der Waals surface area contributed by atoms with Gasteiger partial charge in [0.05, 0.1) is 22.4 Å². The number of nitro benzene ring substituents is 1. The van der Waals surface area contributed by atoms with Crippen LogP contribution in [0.3, 0.4) is 0 Å². The normalized spacial score (nSPS) is 14.5. The van der Waals surface area contributed by atoms with E-state index in [0.717, 1.165) is 6.07 Å². The number of anilines is 2. The van der Waals surface area contributed by atoms with Crippen LogP contribution in [0, 0.1) is 16.0 Å². The lowest BCUT2D eigenvalue weighted by atomic mass is 10.1. The van der Waals surface area contributed by atoms with E-state index in [-0.39, 0.29) is 33.6 Å². The molecule has 0 saturated carbocycles. The predicted molar refractivity (Wildman–Crippen MR) is 122 cm³/mol. The summed E-state index contributed by atoms with van der Waals surface area (Å²) in [5.74, 6) is -0.143. The van der Waals surface area contributed by atoms with Crippen LogP contribution in [0.5, 0.6) is 0 Å². The van der Waals surface area contributed by atoms with Crippen molar-refractivity contribution in [3.05, 3.63) is 82.3 Å². The van der Waals surface area contributed by atoms with E-state index < -0.39 is 20.9 Å². The van der Waals surface area contributed by atoms with Crippen LogP contribution in [0.4, 0.5) is 17.1 Å². The second-order valence-corrected chi connectivity index (χ2v) is 9.42. The fraction of sp³-hybridized carbons (Fsp3) is 0.182. The quantitative estimate of drug-likeness (QED) is 0.426. The topological polar surface area (TPSA) is 135 Å². The molecule has 0 spiro atoms. The Bertz CT molecular complexity index is 1360. The summed E-state index contributed by atoms with van der Waals surface area (Å²) in [5, 5.41) is 13.6. The molecule has 170 valence electrons. The van der Waals surface area contributed by atoms with E-state index in [1.54, 1.807) is 23.1 Å². The standard InChI is InChI=1S/C22H20N4O6S/c1-14(2)12-25-19-7-6-17(23-22(27)15-4-3-5-18(10-15)26(28)29)11-20(19)33(30,31)24-21(25)16-8-9-32-13-16/h3-11,13-14H,12H2,1-2H3,(H,23,27). The van der Waals surface area contributed by atoms with E-state index in [0.29, 0.717) is 17.8 Å². The molecule has 0 atom stereocenters. The van der Waals surface area contributed by atoms with Crippen molar-refractivity contribution in [3.63, 3.8) is 0 Å². The number of nitrogens with one attached hydrogen (secondary N) is 1. The van der Waals surface area contributed by atoms with Crippen LogP contribution in [0.1, 0.15) is 29.8 Å². The molecular weight excluding hydrogens is 448 g/mol. The number of nitro groups is 1. The van der Waals surface area contributed by atoms with Crippen LogP contribution in [0.25, 0.3) is 0 Å². The molecule has 1 aromatic heterocycles. The maximum absolute atomic E-state index is 13.0. The van der Waals surface area contributed by atoms with Crippen molar-refractivity contribution >= 4 is 38.8 Å². The molecule has 0 fully saturated rings. The van der Waals surface area contributed by atoms with Crippen molar-refractivity contribution in [2.45, 2.75) is 18.7 Å². The lowest BCUT2D eigenvalue weighted by Gasteiger charge is -2.32. The fourth-order valence-electron chi connectivity index (χ4n) is 3.46. The molecule has 0 aliphatic carbocycles. The van der Waals surface area contributed by atoms with Gasteiger partial charge in [0.2, 0.25) is 0 Å². The Hall–Kier alpha value is -3.99. The average Bonchev–Trinajstić information content (AvgIpc) is 3.30. The summed E-state index contributed by atoms with van der Waals surface area (Å²) in [5.41, 5.74) is 1.05. The van der Waals surface area contributed by atoms with E-state index in [9.17, 15) is 23.3 Å². The Labute approximate surface area is 189 Å². The molecule has 10 nitrogen and oxygen atoms in total. The number of carbonyl (C=O) groups is 1. The monoisotopic (exact) mass is 468 g/mol. The van der Waals surface area contributed by atoms with E-state index in [1.807, 2.05) is 13.8 Å². The second-order valence-electron chi connectivity index (χ2n) is 7.85. The third-order valence-electron chi connectivity index (χ3n) is 4.89. The van der Waals surface area contributed by atoms with Gasteiger partial charge in [0, 0.05) is 29.9 Å². The zero-order chi connectivity index (χ0) is 23.8. The summed E-state index contributed by atoms with van der Waals surface area (Å²) in [6, 6.07) is 11.4. The first kappa shape index (κ1) is 22.2. The average molecular weight is 468 g/mol. The van der Waals surface area contributed by atoms with Gasteiger partial charge >= 0.3 is 0 Å². The van der Waals surface area contributed by atoms with E-state index in [1.165, 1.54) is 36.8 Å². The van der Waals surface area contributed by atoms with Crippen LogP contribution >= 0.6 is 0 Å². The Morgan fingerprint density at radius 1 is 1.21 bits per heavy atom. The minimum Gasteiger partial charge on any atom is -0.472 e. The van der Waals surface area contributed by atoms with Crippen LogP contribution in [-0.4, -0.2) is 31.6 Å². The number of sulfonamides is 1. The lowest BCUT2D eigenvalue weighted by Crippen LogP contribution is -2.38. The molecule has 1 amide bonds. The van der Waals surface area contributed by atoms with Crippen molar-refractivity contribution in [1.82, 2.24) is 0 Å². The summed E-state index contributed by atoms with van der Waals surface area (Å²) < 4.78 is 35.1. The molecule has 33 heavy (non-hydrogen) atoms. The molecule has 0 unspecified atom stereocenters. The Balaban J connectivity index is 1.71. The first-order valence-electron chi connectivity index (χ1n) is 10.0. The number of hydrogen-bond acceptors (Lipinski definition) is 7. The van der Waals surface area contributed by atoms with Gasteiger partial charge in [-0.25, -0.2) is 0 Å². The molecule has 1 aliphatic heterocycles. The maximum atomic E-state index is 13.0. The fourth-order valence-corrected chi connectivity index (χ4v) is 4.71. The van der Waals surface area contributed by atoms with Crippen molar-refractivity contribution in [2.24, 2.45) is 10.3 Å². The minimum atomic E-state index is -4.06. The Kier molecular flexibility index (Phi) is 5.73. The third-order valence-corrected chi connectivity index (χ3v) is 6.19. The van der Waals surface area contributed by atoms with Crippen LogP contribution in [0.2, 0.25) is 0 Å². The van der Waals surface area contributed by atoms with Gasteiger partial charge in [-0.15, -0.1) is 4.40 Å². The Morgan fingerprint density at radius 3 is 2.67 bits per heavy atom. The van der Waals surface area contributed by atoms with E-state index in [2.05, 4.69) is 9.71 Å². The molecule has 2 aromatic carbocycles. The number of non-ortho nitro benzene ring substituents is 1. The first-order valence-corrected chi connectivity index (χ1v) is 11.4. The largest absolute Gasteiger partial charge is 0.472 e. The van der Waals surface area contributed by atoms with Crippen molar-refractivity contribution in [1.29, 1.82) is 0 Å². The highest BCUT2D eigenvalue weighted by molar-refractivity contribution is 7.90. The number of carbonyl (C=O) groups excluding carboxylic acids is 1. The SMILES string of the molecule is CC(C)CN1C(c2ccoc2)=NS(=O)(=O)c2cc(NC(=O)c3cccc([N+](=O)[O-])c3)ccc21. The zero-order valence-electron chi connectivity index (χ0n) is 17.8. The van der Waals surface area contributed by atoms with Crippen LogP contribution in [0.15, 0.2) is 74.8 Å². The number of amides is 1. The molecule has 0 bridgehead atoms. The molecule has 3 aromatic rings.